The van der Waals surface area contributed by atoms with Gasteiger partial charge in [-0.25, -0.2) is 0 Å². The Hall–Kier alpha value is -2.31. The van der Waals surface area contributed by atoms with Gasteiger partial charge in [-0.15, -0.1) is 0 Å². The molecule has 2 aromatic rings. The lowest BCUT2D eigenvalue weighted by Crippen LogP contribution is -2.46. The number of benzene rings is 2. The van der Waals surface area contributed by atoms with Gasteiger partial charge in [0.15, 0.2) is 6.23 Å². The third-order valence-corrected chi connectivity index (χ3v) is 3.99. The van der Waals surface area contributed by atoms with Gasteiger partial charge < -0.3 is 4.74 Å². The average Bonchev–Trinajstić information content (AvgIpc) is 2.49. The van der Waals surface area contributed by atoms with E-state index in [1.54, 1.807) is 19.1 Å². The van der Waals surface area contributed by atoms with E-state index in [0.29, 0.717) is 22.0 Å². The minimum atomic E-state index is -0.616. The van der Waals surface area contributed by atoms with Crippen LogP contribution in [0.15, 0.2) is 36.4 Å². The van der Waals surface area contributed by atoms with Crippen molar-refractivity contribution in [3.05, 3.63) is 62.1 Å². The van der Waals surface area contributed by atoms with Gasteiger partial charge >= 0.3 is 0 Å². The van der Waals surface area contributed by atoms with Crippen molar-refractivity contribution in [2.75, 3.05) is 4.90 Å². The van der Waals surface area contributed by atoms with Crippen LogP contribution in [-0.4, -0.2) is 17.1 Å². The molecule has 0 saturated heterocycles. The zero-order chi connectivity index (χ0) is 16.7. The van der Waals surface area contributed by atoms with Crippen LogP contribution in [0.3, 0.4) is 0 Å². The van der Waals surface area contributed by atoms with Crippen molar-refractivity contribution in [2.45, 2.75) is 13.2 Å². The van der Waals surface area contributed by atoms with Gasteiger partial charge in [-0.1, -0.05) is 23.2 Å². The number of hydrogen-bond donors (Lipinski definition) is 0. The molecule has 3 rings (SSSR count). The number of anilines is 1. The fourth-order valence-corrected chi connectivity index (χ4v) is 2.85. The summed E-state index contributed by atoms with van der Waals surface area (Å²) in [5.74, 6) is 0.0955. The standard InChI is InChI=1S/C15H10Cl2N2O4/c1-8-18(13-4-3-10(19(21)22)7-12(13)17)15(20)11-6-9(16)2-5-14(11)23-8/h2-8H,1H3. The molecule has 1 unspecified atom stereocenters. The largest absolute Gasteiger partial charge is 0.470 e. The molecule has 0 fully saturated rings. The van der Waals surface area contributed by atoms with E-state index in [1.165, 1.54) is 29.2 Å². The fraction of sp³-hybridized carbons (Fsp3) is 0.133. The van der Waals surface area contributed by atoms with E-state index < -0.39 is 11.2 Å². The Morgan fingerprint density at radius 2 is 1.96 bits per heavy atom. The number of halogens is 2. The Labute approximate surface area is 141 Å². The zero-order valence-corrected chi connectivity index (χ0v) is 13.3. The molecule has 1 atom stereocenters. The summed E-state index contributed by atoms with van der Waals surface area (Å²) in [7, 11) is 0. The first-order valence-corrected chi connectivity index (χ1v) is 7.38. The number of nitrogens with zero attached hydrogens (tertiary/aromatic N) is 2. The summed E-state index contributed by atoms with van der Waals surface area (Å²) in [4.78, 5) is 24.3. The highest BCUT2D eigenvalue weighted by Gasteiger charge is 2.34. The molecule has 118 valence electrons. The topological polar surface area (TPSA) is 72.7 Å². The monoisotopic (exact) mass is 352 g/mol. The molecule has 1 amide bonds. The number of nitro benzene ring substituents is 1. The van der Waals surface area contributed by atoms with Crippen LogP contribution in [0, 0.1) is 10.1 Å². The number of hydrogen-bond acceptors (Lipinski definition) is 4. The molecular weight excluding hydrogens is 343 g/mol. The Bertz CT molecular complexity index is 825. The summed E-state index contributed by atoms with van der Waals surface area (Å²) in [6.07, 6.45) is -0.616. The Morgan fingerprint density at radius 3 is 2.61 bits per heavy atom. The third-order valence-electron chi connectivity index (χ3n) is 3.45. The molecule has 1 heterocycles. The van der Waals surface area contributed by atoms with E-state index in [9.17, 15) is 14.9 Å². The van der Waals surface area contributed by atoms with Gasteiger partial charge in [0, 0.05) is 17.2 Å². The van der Waals surface area contributed by atoms with E-state index in [-0.39, 0.29) is 16.6 Å². The molecule has 0 aliphatic carbocycles. The molecule has 1 aliphatic heterocycles. The summed E-state index contributed by atoms with van der Waals surface area (Å²) in [5.41, 5.74) is 0.491. The highest BCUT2D eigenvalue weighted by Crippen LogP contribution is 2.37. The lowest BCUT2D eigenvalue weighted by atomic mass is 10.1. The quantitative estimate of drug-likeness (QED) is 0.596. The summed E-state index contributed by atoms with van der Waals surface area (Å²) < 4.78 is 5.71. The molecule has 0 bridgehead atoms. The molecule has 8 heteroatoms. The van der Waals surface area contributed by atoms with Gasteiger partial charge in [0.25, 0.3) is 11.6 Å². The molecule has 0 N–H and O–H groups in total. The van der Waals surface area contributed by atoms with E-state index in [1.807, 2.05) is 0 Å². The van der Waals surface area contributed by atoms with E-state index >= 15 is 0 Å². The van der Waals surface area contributed by atoms with Gasteiger partial charge in [-0.2, -0.15) is 0 Å². The summed E-state index contributed by atoms with van der Waals surface area (Å²) >= 11 is 12.0. The smallest absolute Gasteiger partial charge is 0.271 e. The molecule has 2 aromatic carbocycles. The maximum absolute atomic E-state index is 12.7. The maximum atomic E-state index is 12.7. The summed E-state index contributed by atoms with van der Waals surface area (Å²) in [6, 6.07) is 8.68. The average molecular weight is 353 g/mol. The van der Waals surface area contributed by atoms with Gasteiger partial charge in [0.1, 0.15) is 5.75 Å². The minimum absolute atomic E-state index is 0.0912. The Morgan fingerprint density at radius 1 is 1.22 bits per heavy atom. The van der Waals surface area contributed by atoms with Crippen molar-refractivity contribution < 1.29 is 14.5 Å². The predicted molar refractivity (Wildman–Crippen MR) is 86.5 cm³/mol. The molecule has 1 aliphatic rings. The number of carbonyl (C=O) groups excluding carboxylic acids is 1. The molecule has 0 aromatic heterocycles. The van der Waals surface area contributed by atoms with Crippen LogP contribution in [0.4, 0.5) is 11.4 Å². The number of amides is 1. The van der Waals surface area contributed by atoms with Crippen LogP contribution in [0.25, 0.3) is 0 Å². The number of fused-ring (bicyclic) bond motifs is 1. The molecule has 6 nitrogen and oxygen atoms in total. The van der Waals surface area contributed by atoms with Crippen LogP contribution < -0.4 is 9.64 Å². The lowest BCUT2D eigenvalue weighted by molar-refractivity contribution is -0.384. The minimum Gasteiger partial charge on any atom is -0.470 e. The highest BCUT2D eigenvalue weighted by atomic mass is 35.5. The van der Waals surface area contributed by atoms with E-state index in [4.69, 9.17) is 27.9 Å². The number of carbonyl (C=O) groups is 1. The number of ether oxygens (including phenoxy) is 1. The maximum Gasteiger partial charge on any atom is 0.271 e. The van der Waals surface area contributed by atoms with Crippen LogP contribution in [0.5, 0.6) is 5.75 Å². The van der Waals surface area contributed by atoms with Gasteiger partial charge in [0.05, 0.1) is 21.2 Å². The Balaban J connectivity index is 2.06. The first kappa shape index (κ1) is 15.6. The highest BCUT2D eigenvalue weighted by molar-refractivity contribution is 6.34. The number of non-ortho nitro benzene ring substituents is 1. The second kappa shape index (κ2) is 5.72. The molecular formula is C15H10Cl2N2O4. The van der Waals surface area contributed by atoms with Crippen molar-refractivity contribution in [1.82, 2.24) is 0 Å². The van der Waals surface area contributed by atoms with Crippen molar-refractivity contribution in [1.29, 1.82) is 0 Å². The van der Waals surface area contributed by atoms with E-state index in [2.05, 4.69) is 0 Å². The van der Waals surface area contributed by atoms with Crippen LogP contribution in [0.1, 0.15) is 17.3 Å². The SMILES string of the molecule is CC1Oc2ccc(Cl)cc2C(=O)N1c1ccc([N+](=O)[O-])cc1Cl. The first-order chi connectivity index (χ1) is 10.9. The van der Waals surface area contributed by atoms with Crippen molar-refractivity contribution >= 4 is 40.5 Å². The fourth-order valence-electron chi connectivity index (χ4n) is 2.41. The second-order valence-electron chi connectivity index (χ2n) is 4.93. The van der Waals surface area contributed by atoms with Crippen LogP contribution >= 0.6 is 23.2 Å². The number of rotatable bonds is 2. The molecule has 0 radical (unpaired) electrons. The lowest BCUT2D eigenvalue weighted by Gasteiger charge is -2.35. The zero-order valence-electron chi connectivity index (χ0n) is 11.8. The van der Waals surface area contributed by atoms with Crippen molar-refractivity contribution in [3.63, 3.8) is 0 Å². The van der Waals surface area contributed by atoms with Gasteiger partial charge in [0.2, 0.25) is 0 Å². The number of nitro groups is 1. The first-order valence-electron chi connectivity index (χ1n) is 6.62. The molecule has 0 saturated carbocycles. The summed E-state index contributed by atoms with van der Waals surface area (Å²) in [6.45, 7) is 1.69. The van der Waals surface area contributed by atoms with Gasteiger partial charge in [-0.3, -0.25) is 19.8 Å². The summed E-state index contributed by atoms with van der Waals surface area (Å²) in [5, 5.41) is 11.3. The van der Waals surface area contributed by atoms with Crippen molar-refractivity contribution in [2.24, 2.45) is 0 Å². The third kappa shape index (κ3) is 2.71. The second-order valence-corrected chi connectivity index (χ2v) is 5.77. The van der Waals surface area contributed by atoms with Crippen LogP contribution in [0.2, 0.25) is 10.0 Å². The molecule has 0 spiro atoms. The van der Waals surface area contributed by atoms with Crippen molar-refractivity contribution in [3.8, 4) is 5.75 Å². The van der Waals surface area contributed by atoms with Crippen LogP contribution in [-0.2, 0) is 0 Å². The predicted octanol–water partition coefficient (Wildman–Crippen LogP) is 4.29. The van der Waals surface area contributed by atoms with Gasteiger partial charge in [-0.05, 0) is 31.2 Å². The Kier molecular flexibility index (Phi) is 3.87. The van der Waals surface area contributed by atoms with E-state index in [0.717, 1.165) is 0 Å². The normalized spacial score (nSPS) is 16.7. The molecule has 23 heavy (non-hydrogen) atoms.